The maximum atomic E-state index is 12.8. The second kappa shape index (κ2) is 7.97. The average molecular weight is 449 g/mol. The Morgan fingerprint density at radius 1 is 1.28 bits per heavy atom. The van der Waals surface area contributed by atoms with Crippen LogP contribution in [0.5, 0.6) is 0 Å². The highest BCUT2D eigenvalue weighted by molar-refractivity contribution is 5.68. The number of nitrogens with one attached hydrogen (secondary N) is 1. The van der Waals surface area contributed by atoms with E-state index in [4.69, 9.17) is 18.9 Å². The first-order chi connectivity index (χ1) is 15.2. The highest BCUT2D eigenvalue weighted by Gasteiger charge is 2.72. The lowest BCUT2D eigenvalue weighted by Gasteiger charge is -2.46. The van der Waals surface area contributed by atoms with Crippen molar-refractivity contribution in [1.29, 1.82) is 0 Å². The predicted octanol–water partition coefficient (Wildman–Crippen LogP) is 3.27. The van der Waals surface area contributed by atoms with E-state index in [0.717, 1.165) is 51.8 Å². The summed E-state index contributed by atoms with van der Waals surface area (Å²) in [6.45, 7) is 9.44. The van der Waals surface area contributed by atoms with Crippen LogP contribution in [0, 0.1) is 11.3 Å². The Morgan fingerprint density at radius 2 is 2.03 bits per heavy atom. The molecule has 3 saturated heterocycles. The Bertz CT molecular complexity index is 770. The lowest BCUT2D eigenvalue weighted by atomic mass is 9.65. The van der Waals surface area contributed by atoms with Crippen LogP contribution in [0.15, 0.2) is 11.6 Å². The number of alkyl carbamates (subject to hydrolysis) is 1. The minimum Gasteiger partial charge on any atom is -0.443 e. The predicted molar refractivity (Wildman–Crippen MR) is 121 cm³/mol. The van der Waals surface area contributed by atoms with Gasteiger partial charge in [-0.1, -0.05) is 11.6 Å². The van der Waals surface area contributed by atoms with E-state index in [2.05, 4.69) is 44.1 Å². The van der Waals surface area contributed by atoms with Crippen LogP contribution in [-0.2, 0) is 18.9 Å². The molecule has 5 aliphatic rings. The van der Waals surface area contributed by atoms with Crippen LogP contribution in [0.2, 0.25) is 0 Å². The molecule has 5 rings (SSSR count). The molecule has 2 saturated carbocycles. The molecule has 1 amide bonds. The van der Waals surface area contributed by atoms with Gasteiger partial charge in [0.25, 0.3) is 0 Å². The molecule has 3 heterocycles. The summed E-state index contributed by atoms with van der Waals surface area (Å²) in [7, 11) is 3.90. The van der Waals surface area contributed by atoms with E-state index in [-0.39, 0.29) is 47.6 Å². The van der Waals surface area contributed by atoms with Crippen molar-refractivity contribution in [2.24, 2.45) is 11.3 Å². The molecule has 0 unspecified atom stereocenters. The number of allylic oxidation sites excluding steroid dienone is 1. The van der Waals surface area contributed by atoms with E-state index in [1.54, 1.807) is 7.11 Å². The van der Waals surface area contributed by atoms with Gasteiger partial charge in [-0.05, 0) is 78.3 Å². The molecule has 2 aliphatic carbocycles. The van der Waals surface area contributed by atoms with E-state index >= 15 is 0 Å². The smallest absolute Gasteiger partial charge is 0.407 e. The number of hydrogen-bond acceptors (Lipinski definition) is 6. The summed E-state index contributed by atoms with van der Waals surface area (Å²) >= 11 is 0. The molecule has 2 spiro atoms. The van der Waals surface area contributed by atoms with Crippen molar-refractivity contribution in [3.8, 4) is 0 Å². The molecule has 3 aliphatic heterocycles. The number of ether oxygens (including phenoxy) is 4. The molecule has 180 valence electrons. The largest absolute Gasteiger partial charge is 0.443 e. The van der Waals surface area contributed by atoms with E-state index in [1.807, 2.05) is 0 Å². The van der Waals surface area contributed by atoms with Crippen molar-refractivity contribution in [2.45, 2.75) is 94.9 Å². The zero-order chi connectivity index (χ0) is 22.7. The van der Waals surface area contributed by atoms with Crippen LogP contribution in [0.25, 0.3) is 0 Å². The summed E-state index contributed by atoms with van der Waals surface area (Å²) < 4.78 is 24.2. The van der Waals surface area contributed by atoms with Gasteiger partial charge in [0.2, 0.25) is 0 Å². The zero-order valence-electron chi connectivity index (χ0n) is 20.3. The molecule has 0 aromatic rings. The molecule has 32 heavy (non-hydrogen) atoms. The van der Waals surface area contributed by atoms with Gasteiger partial charge in [-0.3, -0.25) is 0 Å². The van der Waals surface area contributed by atoms with Crippen LogP contribution in [0.4, 0.5) is 4.79 Å². The van der Waals surface area contributed by atoms with Gasteiger partial charge in [-0.2, -0.15) is 0 Å². The maximum absolute atomic E-state index is 12.8. The lowest BCUT2D eigenvalue weighted by Crippen LogP contribution is -2.57. The average Bonchev–Trinajstić information content (AvgIpc) is 3.58. The van der Waals surface area contributed by atoms with Crippen molar-refractivity contribution >= 4 is 6.09 Å². The highest BCUT2D eigenvalue weighted by Crippen LogP contribution is 2.59. The number of carbonyl (C=O) groups is 1. The molecule has 6 atom stereocenters. The topological polar surface area (TPSA) is 75.9 Å². The third-order valence-electron chi connectivity index (χ3n) is 8.81. The van der Waals surface area contributed by atoms with E-state index in [1.165, 1.54) is 12.0 Å². The summed E-state index contributed by atoms with van der Waals surface area (Å²) in [6, 6.07) is 0.227. The summed E-state index contributed by atoms with van der Waals surface area (Å²) in [5, 5.41) is 3.12. The number of likely N-dealkylation sites (tertiary alicyclic amines) is 1. The van der Waals surface area contributed by atoms with Gasteiger partial charge < -0.3 is 29.2 Å². The van der Waals surface area contributed by atoms with Crippen LogP contribution >= 0.6 is 0 Å². The number of rotatable bonds is 6. The van der Waals surface area contributed by atoms with E-state index in [9.17, 15) is 4.79 Å². The third-order valence-corrected chi connectivity index (χ3v) is 8.81. The molecule has 7 heteroatoms. The molecule has 5 fully saturated rings. The number of methoxy groups -OCH3 is 1. The fraction of sp³-hybridized carbons (Fsp3) is 0.880. The van der Waals surface area contributed by atoms with Crippen LogP contribution < -0.4 is 5.32 Å². The van der Waals surface area contributed by atoms with Gasteiger partial charge >= 0.3 is 6.09 Å². The Labute approximate surface area is 192 Å². The Kier molecular flexibility index (Phi) is 5.63. The van der Waals surface area contributed by atoms with E-state index in [0.29, 0.717) is 5.41 Å². The normalized spacial score (nSPS) is 47.2. The molecule has 0 bridgehead atoms. The van der Waals surface area contributed by atoms with Gasteiger partial charge in [0.1, 0.15) is 23.4 Å². The van der Waals surface area contributed by atoms with Crippen LogP contribution in [0.1, 0.15) is 59.3 Å². The molecule has 7 nitrogen and oxygen atoms in total. The minimum absolute atomic E-state index is 0.0584. The van der Waals surface area contributed by atoms with Crippen molar-refractivity contribution in [3.05, 3.63) is 11.6 Å². The van der Waals surface area contributed by atoms with E-state index < -0.39 is 0 Å². The minimum atomic E-state index is -0.309. The van der Waals surface area contributed by atoms with Gasteiger partial charge in [-0.25, -0.2) is 4.79 Å². The number of hydrogen-bond donors (Lipinski definition) is 1. The molecular formula is C25H40N2O5. The lowest BCUT2D eigenvalue weighted by molar-refractivity contribution is -0.118. The SMILES string of the molecule is CO[C@@H]1[C@H](OC(=O)NC2CC3(CCN(C)C3)C2)CC[C@]2(CO2)[C@H]1[C@@]1(C)O[C@@H]1CC=C(C)C. The van der Waals surface area contributed by atoms with Crippen molar-refractivity contribution in [2.75, 3.05) is 33.9 Å². The quantitative estimate of drug-likeness (QED) is 0.497. The highest BCUT2D eigenvalue weighted by atomic mass is 16.6. The standard InChI is InChI=1S/C25H40N2O5/c1-16(2)6-7-19-23(3,32-19)21-20(29-5)18(8-9-25(21)15-30-25)31-22(28)26-17-12-24(13-17)10-11-27(4)14-24/h6,17-21H,7-15H2,1-5H3,(H,26,28)/t17?,18-,19-,20-,21-,23+,24?,25+/m1/s1. The first-order valence-corrected chi connectivity index (χ1v) is 12.3. The summed E-state index contributed by atoms with van der Waals surface area (Å²) in [4.78, 5) is 15.2. The first kappa shape index (κ1) is 22.6. The zero-order valence-corrected chi connectivity index (χ0v) is 20.3. The van der Waals surface area contributed by atoms with Gasteiger partial charge in [-0.15, -0.1) is 0 Å². The van der Waals surface area contributed by atoms with Crippen molar-refractivity contribution < 1.29 is 23.7 Å². The summed E-state index contributed by atoms with van der Waals surface area (Å²) in [6.07, 6.45) is 7.46. The second-order valence-corrected chi connectivity index (χ2v) is 11.6. The van der Waals surface area contributed by atoms with Gasteiger partial charge in [0.05, 0.1) is 18.6 Å². The molecule has 0 radical (unpaired) electrons. The Morgan fingerprint density at radius 3 is 2.62 bits per heavy atom. The molecule has 0 aromatic heterocycles. The molecule has 0 aromatic carbocycles. The summed E-state index contributed by atoms with van der Waals surface area (Å²) in [5.74, 6) is 0.0584. The first-order valence-electron chi connectivity index (χ1n) is 12.3. The fourth-order valence-electron chi connectivity index (χ4n) is 6.99. The Hall–Kier alpha value is -1.15. The second-order valence-electron chi connectivity index (χ2n) is 11.6. The number of carbonyl (C=O) groups excluding carboxylic acids is 1. The van der Waals surface area contributed by atoms with Crippen LogP contribution in [0.3, 0.4) is 0 Å². The number of nitrogens with zero attached hydrogens (tertiary/aromatic N) is 1. The molecular weight excluding hydrogens is 408 g/mol. The monoisotopic (exact) mass is 448 g/mol. The molecule has 1 N–H and O–H groups in total. The number of amides is 1. The number of epoxide rings is 2. The van der Waals surface area contributed by atoms with Crippen molar-refractivity contribution in [3.63, 3.8) is 0 Å². The summed E-state index contributed by atoms with van der Waals surface area (Å²) in [5.41, 5.74) is 1.20. The van der Waals surface area contributed by atoms with Gasteiger partial charge in [0.15, 0.2) is 0 Å². The Balaban J connectivity index is 1.20. The fourth-order valence-corrected chi connectivity index (χ4v) is 6.99. The van der Waals surface area contributed by atoms with Crippen LogP contribution in [-0.4, -0.2) is 80.4 Å². The maximum Gasteiger partial charge on any atom is 0.407 e. The van der Waals surface area contributed by atoms with Gasteiger partial charge in [0, 0.05) is 19.7 Å². The van der Waals surface area contributed by atoms with Crippen molar-refractivity contribution in [1.82, 2.24) is 10.2 Å². The third kappa shape index (κ3) is 3.99.